The second-order valence-electron chi connectivity index (χ2n) is 3.15. The number of rotatable bonds is 4. The Morgan fingerprint density at radius 3 is 2.92 bits per heavy atom. The van der Waals surface area contributed by atoms with Gasteiger partial charge in [0.2, 0.25) is 0 Å². The molecule has 0 saturated heterocycles. The van der Waals surface area contributed by atoms with Crippen LogP contribution in [-0.2, 0) is 0 Å². The molecule has 0 aliphatic heterocycles. The topological polar surface area (TPSA) is 55.5 Å². The lowest BCUT2D eigenvalue weighted by molar-refractivity contribution is 0.263. The molecule has 0 aromatic heterocycles. The van der Waals surface area contributed by atoms with Crippen molar-refractivity contribution < 1.29 is 9.84 Å². The lowest BCUT2D eigenvalue weighted by Gasteiger charge is -2.10. The molecule has 0 heterocycles. The Bertz CT molecular complexity index is 263. The average Bonchev–Trinajstić information content (AvgIpc) is 2.14. The molecule has 0 fully saturated rings. The summed E-state index contributed by atoms with van der Waals surface area (Å²) in [5.74, 6) is 1.24. The molecule has 0 bridgehead atoms. The van der Waals surface area contributed by atoms with E-state index in [0.29, 0.717) is 24.8 Å². The summed E-state index contributed by atoms with van der Waals surface area (Å²) < 4.78 is 5.40. The van der Waals surface area contributed by atoms with Gasteiger partial charge in [-0.15, -0.1) is 0 Å². The van der Waals surface area contributed by atoms with Crippen LogP contribution < -0.4 is 10.5 Å². The summed E-state index contributed by atoms with van der Waals surface area (Å²) in [6, 6.07) is 6.75. The van der Waals surface area contributed by atoms with Crippen LogP contribution in [0.5, 0.6) is 11.5 Å². The van der Waals surface area contributed by atoms with E-state index in [-0.39, 0.29) is 5.75 Å². The molecule has 0 aliphatic carbocycles. The third-order valence-corrected chi connectivity index (χ3v) is 1.75. The minimum absolute atomic E-state index is 0.220. The first-order valence-corrected chi connectivity index (χ1v) is 4.34. The van der Waals surface area contributed by atoms with Gasteiger partial charge in [-0.25, -0.2) is 0 Å². The number of benzene rings is 1. The molecule has 1 atom stereocenters. The van der Waals surface area contributed by atoms with Crippen LogP contribution in [-0.4, -0.2) is 18.3 Å². The molecule has 0 amide bonds. The standard InChI is InChI=1S/C10H15NO2/c1-8(6-11)7-13-10-4-2-3-9(12)5-10/h2-5,8,12H,6-7,11H2,1H3. The predicted octanol–water partition coefficient (Wildman–Crippen LogP) is 1.37. The third kappa shape index (κ3) is 3.34. The normalized spacial score (nSPS) is 12.5. The van der Waals surface area contributed by atoms with E-state index < -0.39 is 0 Å². The van der Waals surface area contributed by atoms with Gasteiger partial charge in [-0.1, -0.05) is 13.0 Å². The van der Waals surface area contributed by atoms with Crippen LogP contribution in [0.4, 0.5) is 0 Å². The van der Waals surface area contributed by atoms with Crippen molar-refractivity contribution in [3.05, 3.63) is 24.3 Å². The molecule has 13 heavy (non-hydrogen) atoms. The van der Waals surface area contributed by atoms with Crippen LogP contribution in [0.3, 0.4) is 0 Å². The number of ether oxygens (including phenoxy) is 1. The fourth-order valence-corrected chi connectivity index (χ4v) is 0.880. The van der Waals surface area contributed by atoms with E-state index in [0.717, 1.165) is 0 Å². The minimum atomic E-state index is 0.220. The van der Waals surface area contributed by atoms with E-state index in [1.165, 1.54) is 0 Å². The van der Waals surface area contributed by atoms with E-state index in [1.54, 1.807) is 18.2 Å². The zero-order chi connectivity index (χ0) is 9.68. The lowest BCUT2D eigenvalue weighted by atomic mass is 10.2. The first-order chi connectivity index (χ1) is 6.22. The van der Waals surface area contributed by atoms with Crippen LogP contribution in [0.15, 0.2) is 24.3 Å². The lowest BCUT2D eigenvalue weighted by Crippen LogP contribution is -2.18. The molecule has 3 N–H and O–H groups in total. The van der Waals surface area contributed by atoms with Gasteiger partial charge in [0.15, 0.2) is 0 Å². The molecule has 0 radical (unpaired) electrons. The van der Waals surface area contributed by atoms with Gasteiger partial charge in [-0.05, 0) is 18.7 Å². The van der Waals surface area contributed by atoms with Gasteiger partial charge in [-0.3, -0.25) is 0 Å². The van der Waals surface area contributed by atoms with Crippen LogP contribution in [0, 0.1) is 5.92 Å². The van der Waals surface area contributed by atoms with Crippen LogP contribution in [0.2, 0.25) is 0 Å². The number of phenols is 1. The Morgan fingerprint density at radius 2 is 2.31 bits per heavy atom. The van der Waals surface area contributed by atoms with Crippen molar-refractivity contribution in [1.29, 1.82) is 0 Å². The monoisotopic (exact) mass is 181 g/mol. The quantitative estimate of drug-likeness (QED) is 0.737. The Kier molecular flexibility index (Phi) is 3.58. The van der Waals surface area contributed by atoms with Gasteiger partial charge < -0.3 is 15.6 Å². The van der Waals surface area contributed by atoms with E-state index in [2.05, 4.69) is 0 Å². The maximum Gasteiger partial charge on any atom is 0.122 e. The molecule has 0 saturated carbocycles. The van der Waals surface area contributed by atoms with Gasteiger partial charge in [0.05, 0.1) is 6.61 Å². The van der Waals surface area contributed by atoms with E-state index in [9.17, 15) is 0 Å². The summed E-state index contributed by atoms with van der Waals surface area (Å²) in [6.45, 7) is 3.21. The van der Waals surface area contributed by atoms with Crippen LogP contribution in [0.25, 0.3) is 0 Å². The van der Waals surface area contributed by atoms with Gasteiger partial charge >= 0.3 is 0 Å². The van der Waals surface area contributed by atoms with E-state index >= 15 is 0 Å². The molecular formula is C10H15NO2. The molecule has 1 aromatic carbocycles. The molecule has 3 heteroatoms. The van der Waals surface area contributed by atoms with Crippen molar-refractivity contribution in [2.45, 2.75) is 6.92 Å². The van der Waals surface area contributed by atoms with Crippen molar-refractivity contribution in [3.63, 3.8) is 0 Å². The summed E-state index contributed by atoms with van der Waals surface area (Å²) >= 11 is 0. The van der Waals surface area contributed by atoms with Gasteiger partial charge in [0, 0.05) is 12.0 Å². The highest BCUT2D eigenvalue weighted by molar-refractivity contribution is 5.31. The summed E-state index contributed by atoms with van der Waals surface area (Å²) in [5, 5.41) is 9.13. The number of hydrogen-bond acceptors (Lipinski definition) is 3. The van der Waals surface area contributed by atoms with Crippen molar-refractivity contribution in [2.24, 2.45) is 11.7 Å². The summed E-state index contributed by atoms with van der Waals surface area (Å²) in [4.78, 5) is 0. The SMILES string of the molecule is CC(CN)COc1cccc(O)c1. The number of hydrogen-bond donors (Lipinski definition) is 2. The van der Waals surface area contributed by atoms with Gasteiger partial charge in [0.25, 0.3) is 0 Å². The summed E-state index contributed by atoms with van der Waals surface area (Å²) in [6.07, 6.45) is 0. The second kappa shape index (κ2) is 4.72. The number of nitrogens with two attached hydrogens (primary N) is 1. The molecule has 1 rings (SSSR count). The number of phenolic OH excluding ortho intramolecular Hbond substituents is 1. The van der Waals surface area contributed by atoms with Crippen molar-refractivity contribution in [2.75, 3.05) is 13.2 Å². The minimum Gasteiger partial charge on any atom is -0.508 e. The zero-order valence-electron chi connectivity index (χ0n) is 7.73. The first-order valence-electron chi connectivity index (χ1n) is 4.34. The summed E-state index contributed by atoms with van der Waals surface area (Å²) in [5.41, 5.74) is 5.44. The average molecular weight is 181 g/mol. The summed E-state index contributed by atoms with van der Waals surface area (Å²) in [7, 11) is 0. The molecule has 1 unspecified atom stereocenters. The van der Waals surface area contributed by atoms with Crippen LogP contribution in [0.1, 0.15) is 6.92 Å². The highest BCUT2D eigenvalue weighted by Gasteiger charge is 2.00. The van der Waals surface area contributed by atoms with Crippen molar-refractivity contribution >= 4 is 0 Å². The molecule has 72 valence electrons. The second-order valence-corrected chi connectivity index (χ2v) is 3.15. The molecule has 3 nitrogen and oxygen atoms in total. The maximum absolute atomic E-state index is 9.13. The van der Waals surface area contributed by atoms with E-state index in [4.69, 9.17) is 15.6 Å². The van der Waals surface area contributed by atoms with Gasteiger partial charge in [0.1, 0.15) is 11.5 Å². The maximum atomic E-state index is 9.13. The molecule has 0 spiro atoms. The Labute approximate surface area is 78.1 Å². The number of aromatic hydroxyl groups is 1. The Morgan fingerprint density at radius 1 is 1.54 bits per heavy atom. The largest absolute Gasteiger partial charge is 0.508 e. The Hall–Kier alpha value is -1.22. The molecule has 0 aliphatic rings. The fourth-order valence-electron chi connectivity index (χ4n) is 0.880. The molecule has 1 aromatic rings. The van der Waals surface area contributed by atoms with Gasteiger partial charge in [-0.2, -0.15) is 0 Å². The fraction of sp³-hybridized carbons (Fsp3) is 0.400. The first kappa shape index (κ1) is 9.86. The Balaban J connectivity index is 2.45. The smallest absolute Gasteiger partial charge is 0.122 e. The zero-order valence-corrected chi connectivity index (χ0v) is 7.73. The highest BCUT2D eigenvalue weighted by Crippen LogP contribution is 2.17. The van der Waals surface area contributed by atoms with Crippen molar-refractivity contribution in [3.8, 4) is 11.5 Å². The molecular weight excluding hydrogens is 166 g/mol. The predicted molar refractivity (Wildman–Crippen MR) is 51.8 cm³/mol. The third-order valence-electron chi connectivity index (χ3n) is 1.75. The highest BCUT2D eigenvalue weighted by atomic mass is 16.5. The van der Waals surface area contributed by atoms with Crippen molar-refractivity contribution in [1.82, 2.24) is 0 Å². The van der Waals surface area contributed by atoms with E-state index in [1.807, 2.05) is 13.0 Å². The van der Waals surface area contributed by atoms with Crippen LogP contribution >= 0.6 is 0 Å².